The van der Waals surface area contributed by atoms with Crippen LogP contribution in [0.3, 0.4) is 0 Å². The molecule has 1 saturated carbocycles. The number of rotatable bonds is 3. The van der Waals surface area contributed by atoms with Gasteiger partial charge in [-0.3, -0.25) is 0 Å². The van der Waals surface area contributed by atoms with E-state index in [1.807, 2.05) is 0 Å². The van der Waals surface area contributed by atoms with E-state index >= 15 is 0 Å². The van der Waals surface area contributed by atoms with Crippen molar-refractivity contribution in [1.29, 1.82) is 0 Å². The summed E-state index contributed by atoms with van der Waals surface area (Å²) in [6.07, 6.45) is 4.46. The average molecular weight is 196 g/mol. The molecule has 1 N–H and O–H groups in total. The van der Waals surface area contributed by atoms with Gasteiger partial charge in [-0.1, -0.05) is 6.42 Å². The van der Waals surface area contributed by atoms with Gasteiger partial charge in [0.15, 0.2) is 0 Å². The van der Waals surface area contributed by atoms with Gasteiger partial charge in [-0.25, -0.2) is 0 Å². The topological polar surface area (TPSA) is 15.3 Å². The highest BCUT2D eigenvalue weighted by Gasteiger charge is 2.37. The predicted octanol–water partition coefficient (Wildman–Crippen LogP) is 1.72. The minimum Gasteiger partial charge on any atom is -0.314 e. The molecule has 2 unspecified atom stereocenters. The van der Waals surface area contributed by atoms with Gasteiger partial charge in [-0.05, 0) is 45.6 Å². The van der Waals surface area contributed by atoms with Crippen molar-refractivity contribution in [2.24, 2.45) is 11.8 Å². The average Bonchev–Trinajstić information content (AvgIpc) is 2.63. The van der Waals surface area contributed by atoms with Gasteiger partial charge >= 0.3 is 0 Å². The van der Waals surface area contributed by atoms with Crippen LogP contribution in [0, 0.1) is 11.8 Å². The van der Waals surface area contributed by atoms with E-state index in [1.165, 1.54) is 38.9 Å². The second kappa shape index (κ2) is 3.82. The molecule has 1 aliphatic carbocycles. The Bertz CT molecular complexity index is 188. The summed E-state index contributed by atoms with van der Waals surface area (Å²) >= 11 is 0. The third kappa shape index (κ3) is 2.12. The molecule has 2 atom stereocenters. The molecule has 1 aliphatic heterocycles. The molecule has 0 bridgehead atoms. The third-order valence-electron chi connectivity index (χ3n) is 4.10. The highest BCUT2D eigenvalue weighted by molar-refractivity contribution is 4.91. The monoisotopic (exact) mass is 196 g/mol. The van der Waals surface area contributed by atoms with Gasteiger partial charge in [0, 0.05) is 25.2 Å². The number of fused-ring (bicyclic) bond motifs is 1. The van der Waals surface area contributed by atoms with Gasteiger partial charge < -0.3 is 10.2 Å². The molecule has 2 rings (SSSR count). The lowest BCUT2D eigenvalue weighted by molar-refractivity contribution is 0.230. The van der Waals surface area contributed by atoms with Gasteiger partial charge in [0.2, 0.25) is 0 Å². The minimum absolute atomic E-state index is 0.276. The Morgan fingerprint density at radius 1 is 1.21 bits per heavy atom. The summed E-state index contributed by atoms with van der Waals surface area (Å²) in [5, 5.41) is 3.39. The molecule has 0 amide bonds. The second-order valence-corrected chi connectivity index (χ2v) is 5.78. The first-order chi connectivity index (χ1) is 6.61. The Kier molecular flexibility index (Phi) is 2.85. The maximum Gasteiger partial charge on any atom is 0.0249 e. The largest absolute Gasteiger partial charge is 0.314 e. The van der Waals surface area contributed by atoms with Crippen LogP contribution < -0.4 is 5.32 Å². The van der Waals surface area contributed by atoms with E-state index in [4.69, 9.17) is 0 Å². The van der Waals surface area contributed by atoms with Crippen molar-refractivity contribution in [2.45, 2.75) is 38.6 Å². The van der Waals surface area contributed by atoms with Crippen LogP contribution in [0.25, 0.3) is 0 Å². The second-order valence-electron chi connectivity index (χ2n) is 5.78. The third-order valence-corrected chi connectivity index (χ3v) is 4.10. The lowest BCUT2D eigenvalue weighted by Gasteiger charge is -2.30. The Hall–Kier alpha value is -0.0800. The first-order valence-electron chi connectivity index (χ1n) is 6.02. The quantitative estimate of drug-likeness (QED) is 0.739. The number of hydrogen-bond acceptors (Lipinski definition) is 2. The van der Waals surface area contributed by atoms with Crippen molar-refractivity contribution in [3.63, 3.8) is 0 Å². The molecule has 1 heterocycles. The molecule has 82 valence electrons. The summed E-state index contributed by atoms with van der Waals surface area (Å²) in [5.74, 6) is 2.06. The molecule has 0 aromatic carbocycles. The van der Waals surface area contributed by atoms with E-state index in [0.717, 1.165) is 11.8 Å². The number of nitrogens with one attached hydrogen (secondary N) is 1. The van der Waals surface area contributed by atoms with Crippen molar-refractivity contribution in [1.82, 2.24) is 10.2 Å². The molecule has 0 radical (unpaired) electrons. The zero-order valence-electron chi connectivity index (χ0n) is 9.84. The maximum absolute atomic E-state index is 3.39. The van der Waals surface area contributed by atoms with Crippen LogP contribution in [-0.4, -0.2) is 37.1 Å². The number of likely N-dealkylation sites (tertiary alicyclic amines) is 1. The highest BCUT2D eigenvalue weighted by Crippen LogP contribution is 2.37. The van der Waals surface area contributed by atoms with Gasteiger partial charge in [0.25, 0.3) is 0 Å². The Balaban J connectivity index is 1.84. The zero-order valence-corrected chi connectivity index (χ0v) is 9.84. The Morgan fingerprint density at radius 2 is 1.79 bits per heavy atom. The summed E-state index contributed by atoms with van der Waals surface area (Å²) in [5.41, 5.74) is 0.276. The van der Waals surface area contributed by atoms with Crippen molar-refractivity contribution in [3.8, 4) is 0 Å². The molecule has 2 fully saturated rings. The van der Waals surface area contributed by atoms with E-state index in [-0.39, 0.29) is 5.54 Å². The molecule has 0 aromatic heterocycles. The van der Waals surface area contributed by atoms with Crippen LogP contribution in [0.4, 0.5) is 0 Å². The van der Waals surface area contributed by atoms with Crippen molar-refractivity contribution >= 4 is 0 Å². The Labute approximate surface area is 88.1 Å². The van der Waals surface area contributed by atoms with Gasteiger partial charge in [-0.15, -0.1) is 0 Å². The maximum atomic E-state index is 3.39. The molecule has 2 heteroatoms. The lowest BCUT2D eigenvalue weighted by atomic mass is 10.0. The normalized spacial score (nSPS) is 33.6. The smallest absolute Gasteiger partial charge is 0.0249 e. The summed E-state index contributed by atoms with van der Waals surface area (Å²) in [4.78, 5) is 2.66. The molecule has 0 aromatic rings. The van der Waals surface area contributed by atoms with Crippen LogP contribution in [0.1, 0.15) is 33.1 Å². The zero-order chi connectivity index (χ0) is 10.2. The van der Waals surface area contributed by atoms with E-state index in [1.54, 1.807) is 0 Å². The van der Waals surface area contributed by atoms with Gasteiger partial charge in [0.05, 0.1) is 0 Å². The lowest BCUT2D eigenvalue weighted by Crippen LogP contribution is -2.47. The molecule has 2 aliphatic rings. The SMILES string of the molecule is CNC(C)(C)CN1CC2CCCC2C1. The molecular weight excluding hydrogens is 172 g/mol. The van der Waals surface area contributed by atoms with Crippen molar-refractivity contribution in [3.05, 3.63) is 0 Å². The van der Waals surface area contributed by atoms with E-state index in [2.05, 4.69) is 31.1 Å². The summed E-state index contributed by atoms with van der Waals surface area (Å²) in [6.45, 7) is 8.50. The van der Waals surface area contributed by atoms with Crippen LogP contribution in [0.15, 0.2) is 0 Å². The molecule has 14 heavy (non-hydrogen) atoms. The van der Waals surface area contributed by atoms with Crippen molar-refractivity contribution < 1.29 is 0 Å². The summed E-state index contributed by atoms with van der Waals surface area (Å²) < 4.78 is 0. The van der Waals surface area contributed by atoms with Crippen LogP contribution in [-0.2, 0) is 0 Å². The molecule has 0 spiro atoms. The van der Waals surface area contributed by atoms with Gasteiger partial charge in [0.1, 0.15) is 0 Å². The Morgan fingerprint density at radius 3 is 2.29 bits per heavy atom. The summed E-state index contributed by atoms with van der Waals surface area (Å²) in [6, 6.07) is 0. The minimum atomic E-state index is 0.276. The van der Waals surface area contributed by atoms with Gasteiger partial charge in [-0.2, -0.15) is 0 Å². The van der Waals surface area contributed by atoms with Crippen LogP contribution in [0.2, 0.25) is 0 Å². The molecular formula is C12H24N2. The van der Waals surface area contributed by atoms with Crippen LogP contribution in [0.5, 0.6) is 0 Å². The van der Waals surface area contributed by atoms with Crippen molar-refractivity contribution in [2.75, 3.05) is 26.7 Å². The summed E-state index contributed by atoms with van der Waals surface area (Å²) in [7, 11) is 2.07. The fourth-order valence-corrected chi connectivity index (χ4v) is 3.10. The van der Waals surface area contributed by atoms with E-state index in [9.17, 15) is 0 Å². The fourth-order valence-electron chi connectivity index (χ4n) is 3.10. The number of hydrogen-bond donors (Lipinski definition) is 1. The molecule has 1 saturated heterocycles. The standard InChI is InChI=1S/C12H24N2/c1-12(2,13-3)9-14-7-10-5-4-6-11(10)8-14/h10-11,13H,4-9H2,1-3H3. The first kappa shape index (κ1) is 10.4. The van der Waals surface area contributed by atoms with E-state index in [0.29, 0.717) is 0 Å². The van der Waals surface area contributed by atoms with E-state index < -0.39 is 0 Å². The fraction of sp³-hybridized carbons (Fsp3) is 1.00. The first-order valence-corrected chi connectivity index (χ1v) is 6.02. The number of nitrogens with zero attached hydrogens (tertiary/aromatic N) is 1. The number of likely N-dealkylation sites (N-methyl/N-ethyl adjacent to an activating group) is 1. The highest BCUT2D eigenvalue weighted by atomic mass is 15.2. The van der Waals surface area contributed by atoms with Crippen LogP contribution >= 0.6 is 0 Å². The predicted molar refractivity (Wildman–Crippen MR) is 60.4 cm³/mol. The molecule has 2 nitrogen and oxygen atoms in total.